The molecule has 1 amide bonds. The fourth-order valence-corrected chi connectivity index (χ4v) is 4.98. The Balaban J connectivity index is 1.43. The molecule has 3 heterocycles. The maximum atomic E-state index is 12.5. The van der Waals surface area contributed by atoms with E-state index in [2.05, 4.69) is 15.2 Å². The van der Waals surface area contributed by atoms with E-state index in [1.54, 1.807) is 42.5 Å². The summed E-state index contributed by atoms with van der Waals surface area (Å²) in [4.78, 5) is 32.6. The van der Waals surface area contributed by atoms with E-state index in [-0.39, 0.29) is 11.9 Å². The summed E-state index contributed by atoms with van der Waals surface area (Å²) in [5, 5.41) is 3.83. The topological polar surface area (TPSA) is 80.8 Å². The Hall–Kier alpha value is -2.49. The van der Waals surface area contributed by atoms with E-state index in [0.717, 1.165) is 41.0 Å². The molecule has 0 spiro atoms. The molecule has 2 aromatic heterocycles. The summed E-state index contributed by atoms with van der Waals surface area (Å²) in [6.07, 6.45) is 0. The molecule has 146 valence electrons. The number of aromatic nitrogens is 1. The van der Waals surface area contributed by atoms with Gasteiger partial charge in [-0.15, -0.1) is 11.3 Å². The van der Waals surface area contributed by atoms with Crippen molar-refractivity contribution in [2.24, 2.45) is 0 Å². The van der Waals surface area contributed by atoms with Crippen molar-refractivity contribution in [3.05, 3.63) is 40.8 Å². The van der Waals surface area contributed by atoms with Gasteiger partial charge in [0.05, 0.1) is 35.0 Å². The van der Waals surface area contributed by atoms with Crippen LogP contribution in [0.4, 0.5) is 10.8 Å². The largest absolute Gasteiger partial charge is 0.462 e. The molecule has 7 nitrogen and oxygen atoms in total. The van der Waals surface area contributed by atoms with Crippen molar-refractivity contribution in [1.82, 2.24) is 4.98 Å². The van der Waals surface area contributed by atoms with Gasteiger partial charge in [-0.05, 0) is 37.3 Å². The number of rotatable bonds is 5. The van der Waals surface area contributed by atoms with Gasteiger partial charge in [-0.3, -0.25) is 4.79 Å². The van der Waals surface area contributed by atoms with Crippen LogP contribution in [0.3, 0.4) is 0 Å². The highest BCUT2D eigenvalue weighted by Gasteiger charge is 2.19. The van der Waals surface area contributed by atoms with Gasteiger partial charge in [-0.25, -0.2) is 9.78 Å². The summed E-state index contributed by atoms with van der Waals surface area (Å²) in [5.41, 5.74) is 1.08. The third kappa shape index (κ3) is 4.01. The summed E-state index contributed by atoms with van der Waals surface area (Å²) in [6, 6.07) is 8.53. The smallest absolute Gasteiger partial charge is 0.338 e. The van der Waals surface area contributed by atoms with Crippen molar-refractivity contribution >= 4 is 54.9 Å². The van der Waals surface area contributed by atoms with Crippen LogP contribution in [0.5, 0.6) is 0 Å². The number of hydrogen-bond acceptors (Lipinski definition) is 8. The lowest BCUT2D eigenvalue weighted by Gasteiger charge is -2.25. The van der Waals surface area contributed by atoms with E-state index in [0.29, 0.717) is 22.7 Å². The molecule has 0 aliphatic carbocycles. The van der Waals surface area contributed by atoms with Crippen LogP contribution in [-0.2, 0) is 9.47 Å². The summed E-state index contributed by atoms with van der Waals surface area (Å²) in [5.74, 6) is -0.562. The first-order valence-corrected chi connectivity index (χ1v) is 10.6. The zero-order chi connectivity index (χ0) is 19.5. The Kier molecular flexibility index (Phi) is 5.56. The molecule has 1 fully saturated rings. The molecular formula is C19H19N3O4S2. The first kappa shape index (κ1) is 18.9. The molecule has 0 saturated carbocycles. The molecule has 3 aromatic rings. The predicted octanol–water partition coefficient (Wildman–Crippen LogP) is 3.62. The van der Waals surface area contributed by atoms with Gasteiger partial charge < -0.3 is 19.7 Å². The fraction of sp³-hybridized carbons (Fsp3) is 0.316. The molecular weight excluding hydrogens is 398 g/mol. The highest BCUT2D eigenvalue weighted by molar-refractivity contribution is 7.29. The second-order valence-corrected chi connectivity index (χ2v) is 8.17. The molecule has 0 atom stereocenters. The van der Waals surface area contributed by atoms with Gasteiger partial charge in [0.1, 0.15) is 4.83 Å². The lowest BCUT2D eigenvalue weighted by molar-refractivity contribution is 0.0526. The van der Waals surface area contributed by atoms with Crippen LogP contribution >= 0.6 is 22.7 Å². The molecule has 1 saturated heterocycles. The van der Waals surface area contributed by atoms with Gasteiger partial charge >= 0.3 is 5.97 Å². The summed E-state index contributed by atoms with van der Waals surface area (Å²) < 4.78 is 11.3. The molecule has 1 aliphatic heterocycles. The highest BCUT2D eigenvalue weighted by Crippen LogP contribution is 2.35. The average Bonchev–Trinajstić information content (AvgIpc) is 3.29. The Bertz CT molecular complexity index is 959. The van der Waals surface area contributed by atoms with Gasteiger partial charge in [-0.1, -0.05) is 11.3 Å². The lowest BCUT2D eigenvalue weighted by Crippen LogP contribution is -2.36. The SMILES string of the molecule is CCOC(=O)c1ccc(NC(=O)c2cc3sc(N4CCOCC4)nc3s2)cc1. The number of carbonyl (C=O) groups excluding carboxylic acids is 2. The van der Waals surface area contributed by atoms with Crippen LogP contribution in [0.2, 0.25) is 0 Å². The second kappa shape index (κ2) is 8.26. The number of ether oxygens (including phenoxy) is 2. The third-order valence-electron chi connectivity index (χ3n) is 4.24. The molecule has 0 radical (unpaired) electrons. The molecule has 1 N–H and O–H groups in total. The van der Waals surface area contributed by atoms with Crippen molar-refractivity contribution in [2.75, 3.05) is 43.1 Å². The van der Waals surface area contributed by atoms with Crippen LogP contribution in [0.15, 0.2) is 30.3 Å². The molecule has 0 unspecified atom stereocenters. The van der Waals surface area contributed by atoms with Crippen LogP contribution in [0, 0.1) is 0 Å². The van der Waals surface area contributed by atoms with E-state index in [9.17, 15) is 9.59 Å². The first-order chi connectivity index (χ1) is 13.6. The summed E-state index contributed by atoms with van der Waals surface area (Å²) in [6.45, 7) is 5.21. The molecule has 0 bridgehead atoms. The number of morpholine rings is 1. The Morgan fingerprint density at radius 2 is 1.96 bits per heavy atom. The first-order valence-electron chi connectivity index (χ1n) is 8.95. The van der Waals surface area contributed by atoms with Crippen molar-refractivity contribution in [3.63, 3.8) is 0 Å². The van der Waals surface area contributed by atoms with E-state index in [4.69, 9.17) is 9.47 Å². The Morgan fingerprint density at radius 3 is 2.64 bits per heavy atom. The van der Waals surface area contributed by atoms with Gasteiger partial charge in [0.2, 0.25) is 0 Å². The van der Waals surface area contributed by atoms with Crippen molar-refractivity contribution in [3.8, 4) is 0 Å². The molecule has 4 rings (SSSR count). The maximum Gasteiger partial charge on any atom is 0.338 e. The number of anilines is 2. The number of nitrogens with zero attached hydrogens (tertiary/aromatic N) is 2. The number of carbonyl (C=O) groups is 2. The monoisotopic (exact) mass is 417 g/mol. The van der Waals surface area contributed by atoms with Gasteiger partial charge in [0, 0.05) is 18.8 Å². The predicted molar refractivity (Wildman–Crippen MR) is 111 cm³/mol. The number of esters is 1. The minimum Gasteiger partial charge on any atom is -0.462 e. The summed E-state index contributed by atoms with van der Waals surface area (Å²) in [7, 11) is 0. The van der Waals surface area contributed by atoms with Crippen LogP contribution in [0.25, 0.3) is 9.53 Å². The number of thiazole rings is 1. The van der Waals surface area contributed by atoms with Crippen molar-refractivity contribution < 1.29 is 19.1 Å². The zero-order valence-corrected chi connectivity index (χ0v) is 16.9. The van der Waals surface area contributed by atoms with Gasteiger partial charge in [-0.2, -0.15) is 0 Å². The van der Waals surface area contributed by atoms with E-state index in [1.165, 1.54) is 11.3 Å². The minimum atomic E-state index is -0.374. The standard InChI is InChI=1S/C19H19N3O4S2/c1-2-26-18(24)12-3-5-13(6-4-12)20-16(23)14-11-15-17(27-14)21-19(28-15)22-7-9-25-10-8-22/h3-6,11H,2,7-10H2,1H3,(H,20,23). The molecule has 9 heteroatoms. The average molecular weight is 418 g/mol. The lowest BCUT2D eigenvalue weighted by atomic mass is 10.2. The fourth-order valence-electron chi connectivity index (χ4n) is 2.82. The second-order valence-electron chi connectivity index (χ2n) is 6.13. The number of hydrogen-bond donors (Lipinski definition) is 1. The van der Waals surface area contributed by atoms with Gasteiger partial charge in [0.25, 0.3) is 5.91 Å². The number of thiophene rings is 1. The number of fused-ring (bicyclic) bond motifs is 1. The third-order valence-corrected chi connectivity index (χ3v) is 6.46. The van der Waals surface area contributed by atoms with E-state index < -0.39 is 0 Å². The molecule has 1 aromatic carbocycles. The van der Waals surface area contributed by atoms with Gasteiger partial charge in [0.15, 0.2) is 5.13 Å². The van der Waals surface area contributed by atoms with E-state index in [1.807, 2.05) is 6.07 Å². The Labute approximate surface area is 169 Å². The highest BCUT2D eigenvalue weighted by atomic mass is 32.1. The van der Waals surface area contributed by atoms with Crippen LogP contribution < -0.4 is 10.2 Å². The molecule has 28 heavy (non-hydrogen) atoms. The molecule has 1 aliphatic rings. The number of amides is 1. The normalized spacial score (nSPS) is 14.2. The van der Waals surface area contributed by atoms with Crippen LogP contribution in [0.1, 0.15) is 27.0 Å². The Morgan fingerprint density at radius 1 is 1.21 bits per heavy atom. The van der Waals surface area contributed by atoms with Crippen LogP contribution in [-0.4, -0.2) is 49.8 Å². The van der Waals surface area contributed by atoms with Crippen molar-refractivity contribution in [1.29, 1.82) is 0 Å². The number of nitrogens with one attached hydrogen (secondary N) is 1. The maximum absolute atomic E-state index is 12.5. The minimum absolute atomic E-state index is 0.188. The zero-order valence-electron chi connectivity index (χ0n) is 15.3. The summed E-state index contributed by atoms with van der Waals surface area (Å²) >= 11 is 2.98. The van der Waals surface area contributed by atoms with Crippen molar-refractivity contribution in [2.45, 2.75) is 6.92 Å². The quantitative estimate of drug-likeness (QED) is 0.639. The number of benzene rings is 1. The van der Waals surface area contributed by atoms with E-state index >= 15 is 0 Å².